The Hall–Kier alpha value is -3.02. The third-order valence-electron chi connectivity index (χ3n) is 3.10. The lowest BCUT2D eigenvalue weighted by molar-refractivity contribution is -0.144. The Kier molecular flexibility index (Phi) is 6.19. The Bertz CT molecular complexity index is 670. The van der Waals surface area contributed by atoms with Crippen LogP contribution in [0.25, 0.3) is 0 Å². The van der Waals surface area contributed by atoms with Crippen molar-refractivity contribution in [1.29, 1.82) is 0 Å². The molecule has 0 spiro atoms. The number of hydrogen-bond acceptors (Lipinski definition) is 5. The van der Waals surface area contributed by atoms with Gasteiger partial charge in [0.25, 0.3) is 5.91 Å². The predicted octanol–water partition coefficient (Wildman–Crippen LogP) is 2.54. The van der Waals surface area contributed by atoms with Crippen molar-refractivity contribution in [1.82, 2.24) is 5.32 Å². The molecule has 126 valence electrons. The quantitative estimate of drug-likeness (QED) is 0.790. The summed E-state index contributed by atoms with van der Waals surface area (Å²) in [6.45, 7) is 1.35. The number of hydrogen-bond donors (Lipinski definition) is 1. The number of carbonyl (C=O) groups is 2. The molecule has 0 aliphatic heterocycles. The van der Waals surface area contributed by atoms with Crippen LogP contribution in [0, 0.1) is 0 Å². The fraction of sp³-hybridized carbons (Fsp3) is 0.222. The van der Waals surface area contributed by atoms with Gasteiger partial charge in [-0.25, -0.2) is 4.79 Å². The third-order valence-corrected chi connectivity index (χ3v) is 3.10. The number of amides is 1. The second-order valence-electron chi connectivity index (χ2n) is 4.99. The standard InChI is InChI=1S/C18H19NO5/c1-13(18(21)22-2)19-17(20)12-23-14-8-10-16(11-9-14)24-15-6-4-3-5-7-15/h3-11,13H,12H2,1-2H3,(H,19,20)/t13-/m1/s1. The molecule has 0 aliphatic carbocycles. The molecule has 0 unspecified atom stereocenters. The molecular weight excluding hydrogens is 310 g/mol. The number of methoxy groups -OCH3 is 1. The summed E-state index contributed by atoms with van der Waals surface area (Å²) in [5.74, 6) is 1.01. The molecule has 2 rings (SSSR count). The summed E-state index contributed by atoms with van der Waals surface area (Å²) in [7, 11) is 1.26. The van der Waals surface area contributed by atoms with Crippen molar-refractivity contribution in [2.24, 2.45) is 0 Å². The number of carbonyl (C=O) groups excluding carboxylic acids is 2. The van der Waals surface area contributed by atoms with Crippen molar-refractivity contribution < 1.29 is 23.8 Å². The molecular formula is C18H19NO5. The van der Waals surface area contributed by atoms with Crippen molar-refractivity contribution in [3.8, 4) is 17.2 Å². The highest BCUT2D eigenvalue weighted by atomic mass is 16.5. The smallest absolute Gasteiger partial charge is 0.328 e. The lowest BCUT2D eigenvalue weighted by Gasteiger charge is -2.12. The number of rotatable bonds is 7. The number of para-hydroxylation sites is 1. The average molecular weight is 329 g/mol. The van der Waals surface area contributed by atoms with Gasteiger partial charge in [-0.2, -0.15) is 0 Å². The summed E-state index contributed by atoms with van der Waals surface area (Å²) in [5.41, 5.74) is 0. The maximum Gasteiger partial charge on any atom is 0.328 e. The minimum Gasteiger partial charge on any atom is -0.484 e. The summed E-state index contributed by atoms with van der Waals surface area (Å²) in [6.07, 6.45) is 0. The fourth-order valence-electron chi connectivity index (χ4n) is 1.90. The maximum absolute atomic E-state index is 11.7. The first-order valence-corrected chi connectivity index (χ1v) is 7.41. The summed E-state index contributed by atoms with van der Waals surface area (Å²) in [4.78, 5) is 22.9. The first-order chi connectivity index (χ1) is 11.6. The molecule has 0 aromatic heterocycles. The van der Waals surface area contributed by atoms with Gasteiger partial charge in [0.2, 0.25) is 0 Å². The number of nitrogens with one attached hydrogen (secondary N) is 1. The first-order valence-electron chi connectivity index (χ1n) is 7.41. The van der Waals surface area contributed by atoms with Crippen molar-refractivity contribution in [3.05, 3.63) is 54.6 Å². The molecule has 2 aromatic rings. The van der Waals surface area contributed by atoms with Gasteiger partial charge < -0.3 is 19.5 Å². The van der Waals surface area contributed by atoms with Gasteiger partial charge in [-0.05, 0) is 43.3 Å². The van der Waals surface area contributed by atoms with Crippen LogP contribution in [-0.4, -0.2) is 31.6 Å². The summed E-state index contributed by atoms with van der Waals surface area (Å²) >= 11 is 0. The van der Waals surface area contributed by atoms with E-state index in [0.717, 1.165) is 5.75 Å². The van der Waals surface area contributed by atoms with E-state index >= 15 is 0 Å². The van der Waals surface area contributed by atoms with E-state index < -0.39 is 17.9 Å². The second-order valence-corrected chi connectivity index (χ2v) is 4.99. The van der Waals surface area contributed by atoms with Crippen molar-refractivity contribution in [2.45, 2.75) is 13.0 Å². The van der Waals surface area contributed by atoms with Crippen LogP contribution in [0.2, 0.25) is 0 Å². The van der Waals surface area contributed by atoms with Gasteiger partial charge in [0.05, 0.1) is 7.11 Å². The number of ether oxygens (including phenoxy) is 3. The van der Waals surface area contributed by atoms with E-state index in [0.29, 0.717) is 11.5 Å². The SMILES string of the molecule is COC(=O)[C@@H](C)NC(=O)COc1ccc(Oc2ccccc2)cc1. The molecule has 0 saturated carbocycles. The van der Waals surface area contributed by atoms with E-state index in [2.05, 4.69) is 10.1 Å². The Morgan fingerprint density at radius 3 is 2.17 bits per heavy atom. The van der Waals surface area contributed by atoms with Gasteiger partial charge >= 0.3 is 5.97 Å². The Morgan fingerprint density at radius 2 is 1.54 bits per heavy atom. The molecule has 0 fully saturated rings. The number of benzene rings is 2. The van der Waals surface area contributed by atoms with Gasteiger partial charge in [0.15, 0.2) is 6.61 Å². The van der Waals surface area contributed by atoms with Crippen molar-refractivity contribution in [3.63, 3.8) is 0 Å². The summed E-state index contributed by atoms with van der Waals surface area (Å²) < 4.78 is 15.6. The summed E-state index contributed by atoms with van der Waals surface area (Å²) in [5, 5.41) is 2.48. The van der Waals surface area contributed by atoms with Crippen LogP contribution >= 0.6 is 0 Å². The van der Waals surface area contributed by atoms with Gasteiger partial charge in [0, 0.05) is 0 Å². The van der Waals surface area contributed by atoms with E-state index in [9.17, 15) is 9.59 Å². The van der Waals surface area contributed by atoms with Crippen LogP contribution in [0.15, 0.2) is 54.6 Å². The Morgan fingerprint density at radius 1 is 0.958 bits per heavy atom. The van der Waals surface area contributed by atoms with Gasteiger partial charge in [-0.1, -0.05) is 18.2 Å². The molecule has 0 heterocycles. The lowest BCUT2D eigenvalue weighted by atomic mass is 10.3. The highest BCUT2D eigenvalue weighted by Crippen LogP contribution is 2.23. The van der Waals surface area contributed by atoms with Crippen LogP contribution in [0.3, 0.4) is 0 Å². The zero-order chi connectivity index (χ0) is 17.4. The van der Waals surface area contributed by atoms with Crippen LogP contribution < -0.4 is 14.8 Å². The molecule has 0 bridgehead atoms. The number of esters is 1. The molecule has 0 saturated heterocycles. The van der Waals surface area contributed by atoms with E-state index in [1.807, 2.05) is 30.3 Å². The summed E-state index contributed by atoms with van der Waals surface area (Å²) in [6, 6.07) is 15.6. The minimum atomic E-state index is -0.715. The monoisotopic (exact) mass is 329 g/mol. The molecule has 1 atom stereocenters. The van der Waals surface area contributed by atoms with Crippen molar-refractivity contribution >= 4 is 11.9 Å². The largest absolute Gasteiger partial charge is 0.484 e. The third kappa shape index (κ3) is 5.31. The average Bonchev–Trinajstić information content (AvgIpc) is 2.61. The molecule has 0 radical (unpaired) electrons. The van der Waals surface area contributed by atoms with E-state index in [1.54, 1.807) is 31.2 Å². The van der Waals surface area contributed by atoms with Crippen LogP contribution in [0.5, 0.6) is 17.2 Å². The topological polar surface area (TPSA) is 73.9 Å². The normalized spacial score (nSPS) is 11.2. The Balaban J connectivity index is 1.81. The second kappa shape index (κ2) is 8.57. The highest BCUT2D eigenvalue weighted by Gasteiger charge is 2.15. The minimum absolute atomic E-state index is 0.194. The van der Waals surface area contributed by atoms with Gasteiger partial charge in [-0.15, -0.1) is 0 Å². The molecule has 6 nitrogen and oxygen atoms in total. The molecule has 1 amide bonds. The van der Waals surface area contributed by atoms with Crippen LogP contribution in [0.1, 0.15) is 6.92 Å². The molecule has 1 N–H and O–H groups in total. The fourth-order valence-corrected chi connectivity index (χ4v) is 1.90. The van der Waals surface area contributed by atoms with E-state index in [1.165, 1.54) is 7.11 Å². The van der Waals surface area contributed by atoms with Gasteiger partial charge in [0.1, 0.15) is 23.3 Å². The Labute approximate surface area is 140 Å². The predicted molar refractivity (Wildman–Crippen MR) is 88.1 cm³/mol. The molecule has 24 heavy (non-hydrogen) atoms. The van der Waals surface area contributed by atoms with Crippen LogP contribution in [-0.2, 0) is 14.3 Å². The first kappa shape index (κ1) is 17.3. The molecule has 0 aliphatic rings. The zero-order valence-corrected chi connectivity index (χ0v) is 13.5. The van der Waals surface area contributed by atoms with E-state index in [-0.39, 0.29) is 6.61 Å². The molecule has 6 heteroatoms. The lowest BCUT2D eigenvalue weighted by Crippen LogP contribution is -2.41. The van der Waals surface area contributed by atoms with E-state index in [4.69, 9.17) is 9.47 Å². The zero-order valence-electron chi connectivity index (χ0n) is 13.5. The molecule has 2 aromatic carbocycles. The van der Waals surface area contributed by atoms with Gasteiger partial charge in [-0.3, -0.25) is 4.79 Å². The van der Waals surface area contributed by atoms with Crippen LogP contribution in [0.4, 0.5) is 0 Å². The maximum atomic E-state index is 11.7. The highest BCUT2D eigenvalue weighted by molar-refractivity contribution is 5.84. The van der Waals surface area contributed by atoms with Crippen molar-refractivity contribution in [2.75, 3.05) is 13.7 Å².